The van der Waals surface area contributed by atoms with E-state index in [4.69, 9.17) is 0 Å². The van der Waals surface area contributed by atoms with Crippen LogP contribution in [0.25, 0.3) is 0 Å². The number of aliphatic hydroxyl groups is 1. The first kappa shape index (κ1) is 24.2. The molecule has 7 atom stereocenters. The van der Waals surface area contributed by atoms with Crippen LogP contribution in [0.4, 0.5) is 0 Å². The lowest BCUT2D eigenvalue weighted by molar-refractivity contribution is -0.146. The van der Waals surface area contributed by atoms with Gasteiger partial charge in [-0.2, -0.15) is 0 Å². The third-order valence-corrected chi connectivity index (χ3v) is 11.7. The molecule has 0 amide bonds. The van der Waals surface area contributed by atoms with Gasteiger partial charge in [0.05, 0.1) is 6.61 Å². The molecule has 3 saturated carbocycles. The van der Waals surface area contributed by atoms with E-state index in [-0.39, 0.29) is 17.4 Å². The molecule has 3 fully saturated rings. The summed E-state index contributed by atoms with van der Waals surface area (Å²) in [5, 5.41) is 9.31. The largest absolute Gasteiger partial charge is 0.392 e. The summed E-state index contributed by atoms with van der Waals surface area (Å²) in [7, 11) is 0. The van der Waals surface area contributed by atoms with Crippen molar-refractivity contribution in [1.82, 2.24) is 0 Å². The summed E-state index contributed by atoms with van der Waals surface area (Å²) in [5.74, 6) is 3.16. The molecule has 4 aliphatic rings. The minimum Gasteiger partial charge on any atom is -0.392 e. The highest BCUT2D eigenvalue weighted by Gasteiger charge is 2.65. The minimum atomic E-state index is -0.177. The highest BCUT2D eigenvalue weighted by atomic mass is 16.3. The van der Waals surface area contributed by atoms with Crippen molar-refractivity contribution in [2.24, 2.45) is 45.3 Å². The van der Waals surface area contributed by atoms with E-state index in [1.54, 1.807) is 5.57 Å². The van der Waals surface area contributed by atoms with Gasteiger partial charge >= 0.3 is 0 Å². The number of Topliss-reactive ketones (excluding diaryl/α,β-unsaturated/α-hetero) is 1. The molecule has 0 heterocycles. The van der Waals surface area contributed by atoms with Crippen molar-refractivity contribution in [3.8, 4) is 0 Å². The van der Waals surface area contributed by atoms with Crippen LogP contribution in [0.15, 0.2) is 23.3 Å². The molecule has 4 rings (SSSR count). The standard InChI is InChI=1S/C30H48O2/c1-20(19-31)9-8-10-21(2)22-13-17-30(7)24-11-12-25-27(3,4)26(32)15-16-28(25,5)23(24)14-18-29(22,30)6/h9,11,21-23,25,31H,8,10,12-19H2,1-7H3. The molecule has 0 aliphatic heterocycles. The fraction of sp³-hybridized carbons (Fsp3) is 0.833. The number of rotatable bonds is 5. The van der Waals surface area contributed by atoms with E-state index in [1.165, 1.54) is 32.1 Å². The highest BCUT2D eigenvalue weighted by molar-refractivity contribution is 5.85. The molecule has 1 N–H and O–H groups in total. The van der Waals surface area contributed by atoms with Crippen LogP contribution in [0.2, 0.25) is 0 Å². The minimum absolute atomic E-state index is 0.177. The van der Waals surface area contributed by atoms with E-state index in [0.29, 0.717) is 28.4 Å². The molecule has 2 nitrogen and oxygen atoms in total. The molecular weight excluding hydrogens is 392 g/mol. The maximum atomic E-state index is 12.8. The smallest absolute Gasteiger partial charge is 0.138 e. The molecule has 4 aliphatic carbocycles. The number of hydrogen-bond acceptors (Lipinski definition) is 2. The van der Waals surface area contributed by atoms with Crippen LogP contribution < -0.4 is 0 Å². The average molecular weight is 441 g/mol. The predicted octanol–water partition coefficient (Wildman–Crippen LogP) is 7.52. The molecule has 180 valence electrons. The molecule has 7 unspecified atom stereocenters. The number of hydrogen-bond donors (Lipinski definition) is 1. The first-order valence-corrected chi connectivity index (χ1v) is 13.4. The maximum Gasteiger partial charge on any atom is 0.138 e. The average Bonchev–Trinajstić information content (AvgIpc) is 3.02. The van der Waals surface area contributed by atoms with E-state index >= 15 is 0 Å². The van der Waals surface area contributed by atoms with Crippen molar-refractivity contribution in [3.05, 3.63) is 23.3 Å². The third kappa shape index (κ3) is 3.33. The predicted molar refractivity (Wildman–Crippen MR) is 133 cm³/mol. The second-order valence-corrected chi connectivity index (χ2v) is 13.3. The quantitative estimate of drug-likeness (QED) is 0.449. The summed E-state index contributed by atoms with van der Waals surface area (Å²) in [6.07, 6.45) is 15.5. The Morgan fingerprint density at radius 1 is 1.16 bits per heavy atom. The van der Waals surface area contributed by atoms with Crippen molar-refractivity contribution in [1.29, 1.82) is 0 Å². The van der Waals surface area contributed by atoms with Crippen molar-refractivity contribution >= 4 is 5.78 Å². The van der Waals surface area contributed by atoms with E-state index in [1.807, 2.05) is 6.92 Å². The SMILES string of the molecule is CC(=CCCC(C)C1CCC2(C)C3=CCC4C(C)(C)C(=O)CCC4(C)C3CCC12C)CO. The number of carbonyl (C=O) groups is 1. The summed E-state index contributed by atoms with van der Waals surface area (Å²) >= 11 is 0. The van der Waals surface area contributed by atoms with Crippen LogP contribution in [0.3, 0.4) is 0 Å². The fourth-order valence-corrected chi connectivity index (χ4v) is 9.32. The van der Waals surface area contributed by atoms with Gasteiger partial charge in [0.1, 0.15) is 5.78 Å². The highest BCUT2D eigenvalue weighted by Crippen LogP contribution is 2.73. The Morgan fingerprint density at radius 2 is 1.88 bits per heavy atom. The van der Waals surface area contributed by atoms with Gasteiger partial charge in [-0.3, -0.25) is 4.79 Å². The number of fused-ring (bicyclic) bond motifs is 5. The zero-order valence-corrected chi connectivity index (χ0v) is 21.9. The number of ketones is 1. The van der Waals surface area contributed by atoms with Crippen molar-refractivity contribution in [2.45, 2.75) is 106 Å². The summed E-state index contributed by atoms with van der Waals surface area (Å²) in [5.41, 5.74) is 3.68. The molecule has 0 spiro atoms. The van der Waals surface area contributed by atoms with Crippen LogP contribution >= 0.6 is 0 Å². The third-order valence-electron chi connectivity index (χ3n) is 11.7. The van der Waals surface area contributed by atoms with Crippen molar-refractivity contribution < 1.29 is 9.90 Å². The molecule has 2 heteroatoms. The topological polar surface area (TPSA) is 37.3 Å². The van der Waals surface area contributed by atoms with Gasteiger partial charge in [0.25, 0.3) is 0 Å². The van der Waals surface area contributed by atoms with Gasteiger partial charge in [-0.05, 0) is 98.2 Å². The zero-order chi connectivity index (χ0) is 23.5. The lowest BCUT2D eigenvalue weighted by atomic mass is 9.41. The maximum absolute atomic E-state index is 12.8. The van der Waals surface area contributed by atoms with E-state index in [2.05, 4.69) is 53.7 Å². The molecular formula is C30H48O2. The van der Waals surface area contributed by atoms with E-state index in [9.17, 15) is 9.90 Å². The summed E-state index contributed by atoms with van der Waals surface area (Å²) < 4.78 is 0. The molecule has 0 aromatic rings. The van der Waals surface area contributed by atoms with Gasteiger partial charge in [0.15, 0.2) is 0 Å². The Kier molecular flexibility index (Phi) is 6.14. The number of carbonyl (C=O) groups excluding carboxylic acids is 1. The molecule has 32 heavy (non-hydrogen) atoms. The van der Waals surface area contributed by atoms with E-state index in [0.717, 1.165) is 43.1 Å². The van der Waals surface area contributed by atoms with Gasteiger partial charge in [0, 0.05) is 11.8 Å². The first-order chi connectivity index (χ1) is 14.9. The second-order valence-electron chi connectivity index (χ2n) is 13.3. The van der Waals surface area contributed by atoms with Gasteiger partial charge in [-0.25, -0.2) is 0 Å². The number of allylic oxidation sites excluding steroid dienone is 3. The summed E-state index contributed by atoms with van der Waals surface area (Å²) in [4.78, 5) is 12.8. The molecule has 0 aromatic carbocycles. The zero-order valence-electron chi connectivity index (χ0n) is 21.9. The van der Waals surface area contributed by atoms with Crippen LogP contribution in [-0.2, 0) is 4.79 Å². The fourth-order valence-electron chi connectivity index (χ4n) is 9.32. The normalized spacial score (nSPS) is 44.4. The van der Waals surface area contributed by atoms with Gasteiger partial charge in [-0.1, -0.05) is 64.8 Å². The first-order valence-electron chi connectivity index (χ1n) is 13.4. The Labute approximate surface area is 197 Å². The number of aliphatic hydroxyl groups excluding tert-OH is 1. The molecule has 0 radical (unpaired) electrons. The van der Waals surface area contributed by atoms with Gasteiger partial charge < -0.3 is 5.11 Å². The Balaban J connectivity index is 1.60. The monoisotopic (exact) mass is 440 g/mol. The van der Waals surface area contributed by atoms with Gasteiger partial charge in [0.2, 0.25) is 0 Å². The lowest BCUT2D eigenvalue weighted by Crippen LogP contribution is -2.57. The van der Waals surface area contributed by atoms with Crippen molar-refractivity contribution in [2.75, 3.05) is 6.61 Å². The van der Waals surface area contributed by atoms with Crippen LogP contribution in [0.5, 0.6) is 0 Å². The molecule has 0 bridgehead atoms. The Hall–Kier alpha value is -0.890. The van der Waals surface area contributed by atoms with Crippen LogP contribution in [0, 0.1) is 45.3 Å². The van der Waals surface area contributed by atoms with Crippen molar-refractivity contribution in [3.63, 3.8) is 0 Å². The summed E-state index contributed by atoms with van der Waals surface area (Å²) in [6.45, 7) is 16.9. The Bertz CT molecular complexity index is 819. The molecule has 0 saturated heterocycles. The van der Waals surface area contributed by atoms with Gasteiger partial charge in [-0.15, -0.1) is 0 Å². The van der Waals surface area contributed by atoms with E-state index < -0.39 is 0 Å². The molecule has 0 aromatic heterocycles. The lowest BCUT2D eigenvalue weighted by Gasteiger charge is -2.63. The Morgan fingerprint density at radius 3 is 2.56 bits per heavy atom. The summed E-state index contributed by atoms with van der Waals surface area (Å²) in [6, 6.07) is 0. The van der Waals surface area contributed by atoms with Crippen LogP contribution in [0.1, 0.15) is 106 Å². The van der Waals surface area contributed by atoms with Crippen LogP contribution in [-0.4, -0.2) is 17.5 Å². The second kappa shape index (κ2) is 8.10.